The highest BCUT2D eigenvalue weighted by atomic mass is 16.7. The van der Waals surface area contributed by atoms with Crippen molar-refractivity contribution in [3.05, 3.63) is 64.8 Å². The third-order valence-corrected chi connectivity index (χ3v) is 3.50. The predicted octanol–water partition coefficient (Wildman–Crippen LogP) is 3.23. The van der Waals surface area contributed by atoms with Gasteiger partial charge in [-0.05, 0) is 38.0 Å². The number of rotatable bonds is 2. The number of nitrogens with zero attached hydrogens (tertiary/aromatic N) is 2. The van der Waals surface area contributed by atoms with Gasteiger partial charge in [-0.2, -0.15) is 0 Å². The predicted molar refractivity (Wildman–Crippen MR) is 81.3 cm³/mol. The number of hydrogen-bond acceptors (Lipinski definition) is 3. The quantitative estimate of drug-likeness (QED) is 0.724. The molecule has 1 heterocycles. The third-order valence-electron chi connectivity index (χ3n) is 3.50. The van der Waals surface area contributed by atoms with Crippen molar-refractivity contribution >= 4 is 16.9 Å². The largest absolute Gasteiger partial charge is 0.366 e. The zero-order valence-corrected chi connectivity index (χ0v) is 12.3. The lowest BCUT2D eigenvalue weighted by Gasteiger charge is -2.10. The fraction of sp³-hybridized carbons (Fsp3) is 0.176. The van der Waals surface area contributed by atoms with Gasteiger partial charge in [0.2, 0.25) is 0 Å². The molecule has 2 aromatic carbocycles. The smallest absolute Gasteiger partial charge is 0.313 e. The van der Waals surface area contributed by atoms with Crippen molar-refractivity contribution in [3.63, 3.8) is 0 Å². The molecular formula is C17H16N2O2. The zero-order valence-electron chi connectivity index (χ0n) is 12.3. The summed E-state index contributed by atoms with van der Waals surface area (Å²) in [6, 6.07) is 11.6. The Morgan fingerprint density at radius 2 is 1.76 bits per heavy atom. The SMILES string of the molecule is Cc1cc(C)c(C(=O)On2ncc3ccccc32)c(C)c1. The second-order valence-electron chi connectivity index (χ2n) is 5.23. The van der Waals surface area contributed by atoms with Crippen molar-refractivity contribution in [1.82, 2.24) is 9.94 Å². The zero-order chi connectivity index (χ0) is 15.0. The monoisotopic (exact) mass is 280 g/mol. The summed E-state index contributed by atoms with van der Waals surface area (Å²) in [5.74, 6) is -0.390. The van der Waals surface area contributed by atoms with Crippen LogP contribution in [-0.2, 0) is 0 Å². The maximum Gasteiger partial charge on any atom is 0.366 e. The van der Waals surface area contributed by atoms with Gasteiger partial charge in [0.15, 0.2) is 0 Å². The van der Waals surface area contributed by atoms with E-state index < -0.39 is 0 Å². The van der Waals surface area contributed by atoms with Gasteiger partial charge in [-0.15, -0.1) is 5.10 Å². The molecule has 4 heteroatoms. The summed E-state index contributed by atoms with van der Waals surface area (Å²) in [6.45, 7) is 5.84. The summed E-state index contributed by atoms with van der Waals surface area (Å²) in [5.41, 5.74) is 4.32. The molecule has 0 aliphatic rings. The molecule has 0 amide bonds. The lowest BCUT2D eigenvalue weighted by molar-refractivity contribution is 0.0418. The van der Waals surface area contributed by atoms with E-state index in [4.69, 9.17) is 4.84 Å². The van der Waals surface area contributed by atoms with Crippen LogP contribution in [0.25, 0.3) is 10.9 Å². The first-order chi connectivity index (χ1) is 10.1. The minimum atomic E-state index is -0.390. The number of hydrogen-bond donors (Lipinski definition) is 0. The summed E-state index contributed by atoms with van der Waals surface area (Å²) in [6.07, 6.45) is 1.68. The molecular weight excluding hydrogens is 264 g/mol. The number of aryl methyl sites for hydroxylation is 3. The average molecular weight is 280 g/mol. The Labute approximate surface area is 122 Å². The van der Waals surface area contributed by atoms with Crippen LogP contribution in [0, 0.1) is 20.8 Å². The van der Waals surface area contributed by atoms with E-state index in [0.717, 1.165) is 27.6 Å². The van der Waals surface area contributed by atoms with Gasteiger partial charge in [0.05, 0.1) is 11.8 Å². The van der Waals surface area contributed by atoms with E-state index >= 15 is 0 Å². The van der Waals surface area contributed by atoms with E-state index in [9.17, 15) is 4.79 Å². The maximum atomic E-state index is 12.4. The molecule has 21 heavy (non-hydrogen) atoms. The Bertz CT molecular complexity index is 811. The first-order valence-corrected chi connectivity index (χ1v) is 6.79. The van der Waals surface area contributed by atoms with E-state index in [-0.39, 0.29) is 5.97 Å². The Morgan fingerprint density at radius 3 is 2.48 bits per heavy atom. The molecule has 0 bridgehead atoms. The molecule has 0 atom stereocenters. The van der Waals surface area contributed by atoms with Crippen LogP contribution in [0.2, 0.25) is 0 Å². The summed E-state index contributed by atoms with van der Waals surface area (Å²) >= 11 is 0. The number of carbonyl (C=O) groups excluding carboxylic acids is 1. The molecule has 106 valence electrons. The average Bonchev–Trinajstić information content (AvgIpc) is 2.81. The van der Waals surface area contributed by atoms with Crippen LogP contribution in [0.5, 0.6) is 0 Å². The maximum absolute atomic E-state index is 12.4. The molecule has 0 aliphatic carbocycles. The van der Waals surface area contributed by atoms with E-state index in [1.165, 1.54) is 4.85 Å². The Hall–Kier alpha value is -2.62. The van der Waals surface area contributed by atoms with E-state index in [2.05, 4.69) is 5.10 Å². The van der Waals surface area contributed by atoms with Crippen molar-refractivity contribution in [1.29, 1.82) is 0 Å². The molecule has 0 saturated carbocycles. The fourth-order valence-corrected chi connectivity index (χ4v) is 2.65. The first-order valence-electron chi connectivity index (χ1n) is 6.79. The Kier molecular flexibility index (Phi) is 3.22. The van der Waals surface area contributed by atoms with Crippen LogP contribution in [0.15, 0.2) is 42.6 Å². The first kappa shape index (κ1) is 13.4. The number of fused-ring (bicyclic) bond motifs is 1. The molecule has 0 fully saturated rings. The second kappa shape index (κ2) is 5.05. The van der Waals surface area contributed by atoms with Gasteiger partial charge in [0.25, 0.3) is 0 Å². The molecule has 3 rings (SSSR count). The molecule has 0 aliphatic heterocycles. The van der Waals surface area contributed by atoms with Gasteiger partial charge < -0.3 is 4.84 Å². The Balaban J connectivity index is 1.97. The normalized spacial score (nSPS) is 10.8. The van der Waals surface area contributed by atoms with E-state index in [1.54, 1.807) is 6.20 Å². The van der Waals surface area contributed by atoms with Crippen molar-refractivity contribution in [2.45, 2.75) is 20.8 Å². The van der Waals surface area contributed by atoms with Crippen molar-refractivity contribution < 1.29 is 9.63 Å². The molecule has 3 aromatic rings. The highest BCUT2D eigenvalue weighted by Crippen LogP contribution is 2.17. The fourth-order valence-electron chi connectivity index (χ4n) is 2.65. The number of benzene rings is 2. The van der Waals surface area contributed by atoms with Crippen LogP contribution in [0.1, 0.15) is 27.0 Å². The topological polar surface area (TPSA) is 44.1 Å². The van der Waals surface area contributed by atoms with E-state index in [1.807, 2.05) is 57.2 Å². The second-order valence-corrected chi connectivity index (χ2v) is 5.23. The van der Waals surface area contributed by atoms with Crippen LogP contribution >= 0.6 is 0 Å². The Morgan fingerprint density at radius 1 is 1.10 bits per heavy atom. The van der Waals surface area contributed by atoms with Crippen molar-refractivity contribution in [3.8, 4) is 0 Å². The summed E-state index contributed by atoms with van der Waals surface area (Å²) < 4.78 is 0. The van der Waals surface area contributed by atoms with Crippen LogP contribution in [0.3, 0.4) is 0 Å². The number of aromatic nitrogens is 2. The lowest BCUT2D eigenvalue weighted by Crippen LogP contribution is -2.22. The highest BCUT2D eigenvalue weighted by molar-refractivity contribution is 5.93. The molecule has 4 nitrogen and oxygen atoms in total. The summed E-state index contributed by atoms with van der Waals surface area (Å²) in [4.78, 5) is 19.1. The standard InChI is InChI=1S/C17H16N2O2/c1-11-8-12(2)16(13(3)9-11)17(20)21-19-15-7-5-4-6-14(15)10-18-19/h4-10H,1-3H3. The van der Waals surface area contributed by atoms with Gasteiger partial charge in [-0.25, -0.2) is 4.79 Å². The van der Waals surface area contributed by atoms with Crippen LogP contribution < -0.4 is 4.84 Å². The molecule has 0 N–H and O–H groups in total. The molecule has 0 unspecified atom stereocenters. The molecule has 0 radical (unpaired) electrons. The van der Waals surface area contributed by atoms with Gasteiger partial charge in [-0.1, -0.05) is 40.7 Å². The van der Waals surface area contributed by atoms with Gasteiger partial charge in [-0.3, -0.25) is 0 Å². The molecule has 0 saturated heterocycles. The van der Waals surface area contributed by atoms with Gasteiger partial charge in [0, 0.05) is 5.39 Å². The number of carbonyl (C=O) groups is 1. The van der Waals surface area contributed by atoms with Gasteiger partial charge >= 0.3 is 5.97 Å². The highest BCUT2D eigenvalue weighted by Gasteiger charge is 2.16. The van der Waals surface area contributed by atoms with Crippen LogP contribution in [-0.4, -0.2) is 15.9 Å². The number of para-hydroxylation sites is 1. The van der Waals surface area contributed by atoms with Gasteiger partial charge in [0.1, 0.15) is 5.52 Å². The summed E-state index contributed by atoms with van der Waals surface area (Å²) in [7, 11) is 0. The van der Waals surface area contributed by atoms with Crippen molar-refractivity contribution in [2.24, 2.45) is 0 Å². The van der Waals surface area contributed by atoms with E-state index in [0.29, 0.717) is 5.56 Å². The van der Waals surface area contributed by atoms with Crippen LogP contribution in [0.4, 0.5) is 0 Å². The summed E-state index contributed by atoms with van der Waals surface area (Å²) in [5, 5.41) is 5.04. The molecule has 1 aromatic heterocycles. The lowest BCUT2D eigenvalue weighted by atomic mass is 10.0. The van der Waals surface area contributed by atoms with Crippen molar-refractivity contribution in [2.75, 3.05) is 0 Å². The molecule has 0 spiro atoms. The third kappa shape index (κ3) is 2.40. The minimum Gasteiger partial charge on any atom is -0.313 e. The minimum absolute atomic E-state index is 0.390.